The zero-order valence-electron chi connectivity index (χ0n) is 14.1. The molecule has 0 saturated carbocycles. The number of aromatic nitrogens is 3. The van der Waals surface area contributed by atoms with Gasteiger partial charge in [0.1, 0.15) is 12.4 Å². The molecule has 24 heavy (non-hydrogen) atoms. The van der Waals surface area contributed by atoms with Gasteiger partial charge >= 0.3 is 6.03 Å². The van der Waals surface area contributed by atoms with Crippen LogP contribution in [0.15, 0.2) is 23.4 Å². The maximum atomic E-state index is 11.5. The van der Waals surface area contributed by atoms with Gasteiger partial charge in [-0.2, -0.15) is 10.2 Å². The monoisotopic (exact) mass is 328 g/mol. The Kier molecular flexibility index (Phi) is 3.96. The molecule has 3 heterocycles. The quantitative estimate of drug-likeness (QED) is 0.685. The van der Waals surface area contributed by atoms with Crippen LogP contribution < -0.4 is 5.32 Å². The Hall–Kier alpha value is -2.90. The van der Waals surface area contributed by atoms with Crippen LogP contribution in [-0.4, -0.2) is 44.1 Å². The van der Waals surface area contributed by atoms with E-state index in [9.17, 15) is 9.59 Å². The Bertz CT molecular complexity index is 830. The predicted octanol–water partition coefficient (Wildman–Crippen LogP) is 1.76. The van der Waals surface area contributed by atoms with Crippen molar-refractivity contribution in [2.45, 2.75) is 33.7 Å². The van der Waals surface area contributed by atoms with Crippen LogP contribution in [-0.2, 0) is 4.79 Å². The summed E-state index contributed by atoms with van der Waals surface area (Å²) in [6.07, 6.45) is 3.38. The van der Waals surface area contributed by atoms with Crippen LogP contribution in [0, 0.1) is 13.8 Å². The van der Waals surface area contributed by atoms with Crippen molar-refractivity contribution in [1.82, 2.24) is 24.7 Å². The van der Waals surface area contributed by atoms with Gasteiger partial charge in [0.15, 0.2) is 0 Å². The minimum atomic E-state index is -0.497. The van der Waals surface area contributed by atoms with Gasteiger partial charge in [-0.15, -0.1) is 0 Å². The third kappa shape index (κ3) is 2.70. The van der Waals surface area contributed by atoms with E-state index in [1.54, 1.807) is 12.4 Å². The van der Waals surface area contributed by atoms with E-state index in [1.807, 2.05) is 30.7 Å². The van der Waals surface area contributed by atoms with E-state index in [1.165, 1.54) is 0 Å². The van der Waals surface area contributed by atoms with Crippen LogP contribution in [0.1, 0.15) is 36.8 Å². The molecule has 0 radical (unpaired) electrons. The molecule has 2 aromatic heterocycles. The molecule has 1 fully saturated rings. The molecule has 3 amide bonds. The lowest BCUT2D eigenvalue weighted by Crippen LogP contribution is -2.24. The van der Waals surface area contributed by atoms with E-state index in [0.29, 0.717) is 0 Å². The Labute approximate surface area is 139 Å². The average molecular weight is 328 g/mol. The summed E-state index contributed by atoms with van der Waals surface area (Å²) in [6, 6.07) is 3.70. The Balaban J connectivity index is 1.94. The molecule has 0 spiro atoms. The van der Waals surface area contributed by atoms with Gasteiger partial charge in [0.2, 0.25) is 5.91 Å². The maximum absolute atomic E-state index is 11.5. The summed E-state index contributed by atoms with van der Waals surface area (Å²) in [6.45, 7) is 8.11. The molecule has 0 atom stereocenters. The van der Waals surface area contributed by atoms with Gasteiger partial charge in [0, 0.05) is 29.1 Å². The molecule has 1 aliphatic rings. The van der Waals surface area contributed by atoms with Crippen molar-refractivity contribution >= 4 is 18.2 Å². The van der Waals surface area contributed by atoms with Crippen molar-refractivity contribution < 1.29 is 9.59 Å². The van der Waals surface area contributed by atoms with Crippen LogP contribution in [0.2, 0.25) is 0 Å². The lowest BCUT2D eigenvalue weighted by atomic mass is 10.3. The van der Waals surface area contributed by atoms with Gasteiger partial charge in [0.25, 0.3) is 0 Å². The summed E-state index contributed by atoms with van der Waals surface area (Å²) in [5.41, 5.74) is 2.92. The number of rotatable bonds is 4. The largest absolute Gasteiger partial charge is 0.344 e. The zero-order valence-corrected chi connectivity index (χ0v) is 14.1. The van der Waals surface area contributed by atoms with Crippen LogP contribution in [0.25, 0.3) is 5.82 Å². The smallest absolute Gasteiger partial charge is 0.303 e. The number of imide groups is 1. The van der Waals surface area contributed by atoms with Gasteiger partial charge in [-0.3, -0.25) is 10.1 Å². The molecule has 1 saturated heterocycles. The maximum Gasteiger partial charge on any atom is 0.344 e. The van der Waals surface area contributed by atoms with Crippen LogP contribution in [0.5, 0.6) is 0 Å². The third-order valence-electron chi connectivity index (χ3n) is 3.95. The van der Waals surface area contributed by atoms with E-state index in [2.05, 4.69) is 33.9 Å². The van der Waals surface area contributed by atoms with Crippen LogP contribution in [0.4, 0.5) is 4.79 Å². The molecular weight excluding hydrogens is 308 g/mol. The van der Waals surface area contributed by atoms with Crippen molar-refractivity contribution in [2.24, 2.45) is 5.10 Å². The van der Waals surface area contributed by atoms with Crippen LogP contribution in [0.3, 0.4) is 0 Å². The van der Waals surface area contributed by atoms with Gasteiger partial charge in [-0.25, -0.2) is 14.5 Å². The number of aryl methyl sites for hydroxylation is 1. The highest BCUT2D eigenvalue weighted by Crippen LogP contribution is 2.21. The van der Waals surface area contributed by atoms with Crippen molar-refractivity contribution in [3.05, 3.63) is 35.3 Å². The van der Waals surface area contributed by atoms with Gasteiger partial charge in [0.05, 0.1) is 12.4 Å². The second-order valence-electron chi connectivity index (χ2n) is 6.05. The SMILES string of the molecule is Cc1cc(/C=N\N2CC(=O)NC2=O)c(C)n1-c1ccnn1C(C)C. The van der Waals surface area contributed by atoms with Crippen molar-refractivity contribution in [1.29, 1.82) is 0 Å². The number of hydrazone groups is 1. The molecule has 0 aromatic carbocycles. The molecule has 3 rings (SSSR count). The number of carbonyl (C=O) groups is 2. The molecule has 0 bridgehead atoms. The number of amides is 3. The van der Waals surface area contributed by atoms with Crippen molar-refractivity contribution in [2.75, 3.05) is 6.54 Å². The highest BCUT2D eigenvalue weighted by molar-refractivity contribution is 6.02. The summed E-state index contributed by atoms with van der Waals surface area (Å²) in [7, 11) is 0. The Morgan fingerprint density at radius 3 is 2.71 bits per heavy atom. The average Bonchev–Trinajstić information content (AvgIpc) is 3.16. The summed E-state index contributed by atoms with van der Waals surface area (Å²) in [5, 5.41) is 11.8. The molecule has 126 valence electrons. The highest BCUT2D eigenvalue weighted by Gasteiger charge is 2.26. The highest BCUT2D eigenvalue weighted by atomic mass is 16.2. The molecule has 1 N–H and O–H groups in total. The minimum Gasteiger partial charge on any atom is -0.303 e. The van der Waals surface area contributed by atoms with Gasteiger partial charge in [-0.1, -0.05) is 0 Å². The summed E-state index contributed by atoms with van der Waals surface area (Å²) >= 11 is 0. The first-order valence-corrected chi connectivity index (χ1v) is 7.76. The number of urea groups is 1. The first-order chi connectivity index (χ1) is 11.4. The van der Waals surface area contributed by atoms with Crippen molar-refractivity contribution in [3.63, 3.8) is 0 Å². The molecular formula is C16H20N6O2. The number of carbonyl (C=O) groups excluding carboxylic acids is 2. The summed E-state index contributed by atoms with van der Waals surface area (Å²) in [4.78, 5) is 22.7. The van der Waals surface area contributed by atoms with E-state index >= 15 is 0 Å². The predicted molar refractivity (Wildman–Crippen MR) is 89.3 cm³/mol. The lowest BCUT2D eigenvalue weighted by molar-refractivity contribution is -0.118. The molecule has 2 aromatic rings. The number of hydrogen-bond acceptors (Lipinski definition) is 4. The van der Waals surface area contributed by atoms with E-state index in [4.69, 9.17) is 0 Å². The summed E-state index contributed by atoms with van der Waals surface area (Å²) in [5.74, 6) is 0.636. The van der Waals surface area contributed by atoms with Gasteiger partial charge in [-0.05, 0) is 33.8 Å². The summed E-state index contributed by atoms with van der Waals surface area (Å²) < 4.78 is 4.05. The fourth-order valence-corrected chi connectivity index (χ4v) is 2.81. The zero-order chi connectivity index (χ0) is 17.4. The molecule has 0 unspecified atom stereocenters. The standard InChI is InChI=1S/C16H20N6O2/c1-10(2)22-15(5-6-17-22)21-11(3)7-13(12(21)4)8-18-20-9-14(23)19-16(20)24/h5-8,10H,9H2,1-4H3,(H,19,23,24)/b18-8-. The van der Waals surface area contributed by atoms with Crippen LogP contribution >= 0.6 is 0 Å². The fourth-order valence-electron chi connectivity index (χ4n) is 2.81. The normalized spacial score (nSPS) is 15.1. The molecule has 1 aliphatic heterocycles. The van der Waals surface area contributed by atoms with E-state index in [0.717, 1.165) is 27.8 Å². The first kappa shape index (κ1) is 16.0. The molecule has 8 nitrogen and oxygen atoms in total. The lowest BCUT2D eigenvalue weighted by Gasteiger charge is -2.15. The number of hydrogen-bond donors (Lipinski definition) is 1. The van der Waals surface area contributed by atoms with Crippen molar-refractivity contribution in [3.8, 4) is 5.82 Å². The number of nitrogens with one attached hydrogen (secondary N) is 1. The molecule has 8 heteroatoms. The van der Waals surface area contributed by atoms with Gasteiger partial charge < -0.3 is 4.57 Å². The van der Waals surface area contributed by atoms with E-state index < -0.39 is 6.03 Å². The third-order valence-corrected chi connectivity index (χ3v) is 3.95. The second-order valence-corrected chi connectivity index (χ2v) is 6.05. The first-order valence-electron chi connectivity index (χ1n) is 7.76. The molecule has 0 aliphatic carbocycles. The minimum absolute atomic E-state index is 0.0474. The fraction of sp³-hybridized carbons (Fsp3) is 0.375. The Morgan fingerprint density at radius 2 is 2.08 bits per heavy atom. The Morgan fingerprint density at radius 1 is 1.33 bits per heavy atom. The second kappa shape index (κ2) is 5.95. The topological polar surface area (TPSA) is 84.5 Å². The van der Waals surface area contributed by atoms with E-state index in [-0.39, 0.29) is 18.5 Å². The number of nitrogens with zero attached hydrogens (tertiary/aromatic N) is 5.